The Labute approximate surface area is 140 Å². The maximum absolute atomic E-state index is 13.0. The van der Waals surface area contributed by atoms with Crippen LogP contribution in [0.2, 0.25) is 0 Å². The van der Waals surface area contributed by atoms with Crippen molar-refractivity contribution in [3.8, 4) is 0 Å². The SMILES string of the molecule is CC1CC(=Cc2ccc(F)cc2)C(=O)C(=Cc2ccc(F)cc2)C1. The Morgan fingerprint density at radius 1 is 0.792 bits per heavy atom. The summed E-state index contributed by atoms with van der Waals surface area (Å²) in [5.74, 6) is -0.224. The summed E-state index contributed by atoms with van der Waals surface area (Å²) in [5, 5.41) is 0. The zero-order valence-corrected chi connectivity index (χ0v) is 13.4. The monoisotopic (exact) mass is 324 g/mol. The van der Waals surface area contributed by atoms with Crippen LogP contribution in [0.4, 0.5) is 8.78 Å². The van der Waals surface area contributed by atoms with Crippen molar-refractivity contribution in [3.63, 3.8) is 0 Å². The van der Waals surface area contributed by atoms with E-state index in [0.717, 1.165) is 22.3 Å². The Hall–Kier alpha value is -2.55. The Morgan fingerprint density at radius 2 is 1.17 bits per heavy atom. The van der Waals surface area contributed by atoms with E-state index in [2.05, 4.69) is 6.92 Å². The maximum atomic E-state index is 13.0. The van der Waals surface area contributed by atoms with Gasteiger partial charge in [0, 0.05) is 11.1 Å². The Bertz CT molecular complexity index is 731. The number of ketones is 1. The Balaban J connectivity index is 1.90. The van der Waals surface area contributed by atoms with Gasteiger partial charge in [-0.1, -0.05) is 31.2 Å². The molecule has 1 aliphatic rings. The number of rotatable bonds is 2. The van der Waals surface area contributed by atoms with Crippen LogP contribution < -0.4 is 0 Å². The lowest BCUT2D eigenvalue weighted by molar-refractivity contribution is -0.113. The molecule has 1 saturated carbocycles. The Kier molecular flexibility index (Phi) is 4.70. The number of hydrogen-bond donors (Lipinski definition) is 0. The van der Waals surface area contributed by atoms with Crippen molar-refractivity contribution in [2.75, 3.05) is 0 Å². The van der Waals surface area contributed by atoms with Crippen LogP contribution in [0.3, 0.4) is 0 Å². The molecular formula is C21H18F2O. The van der Waals surface area contributed by atoms with Crippen molar-refractivity contribution in [2.24, 2.45) is 5.92 Å². The zero-order valence-electron chi connectivity index (χ0n) is 13.4. The van der Waals surface area contributed by atoms with Gasteiger partial charge in [-0.3, -0.25) is 4.79 Å². The van der Waals surface area contributed by atoms with Crippen LogP contribution in [-0.4, -0.2) is 5.78 Å². The third-order valence-electron chi connectivity index (χ3n) is 4.14. The smallest absolute Gasteiger partial charge is 0.185 e. The van der Waals surface area contributed by atoms with Gasteiger partial charge in [0.2, 0.25) is 0 Å². The number of benzene rings is 2. The minimum absolute atomic E-state index is 0.0155. The van der Waals surface area contributed by atoms with Crippen LogP contribution in [0, 0.1) is 17.6 Å². The molecule has 3 heteroatoms. The summed E-state index contributed by atoms with van der Waals surface area (Å²) in [5.41, 5.74) is 3.09. The lowest BCUT2D eigenvalue weighted by atomic mass is 9.81. The Morgan fingerprint density at radius 3 is 1.54 bits per heavy atom. The third kappa shape index (κ3) is 3.85. The normalized spacial score (nSPS) is 21.5. The van der Waals surface area contributed by atoms with Gasteiger partial charge < -0.3 is 0 Å². The van der Waals surface area contributed by atoms with Gasteiger partial charge in [0.15, 0.2) is 5.78 Å². The molecule has 0 aliphatic heterocycles. The molecule has 0 atom stereocenters. The highest BCUT2D eigenvalue weighted by molar-refractivity contribution is 6.14. The molecule has 0 radical (unpaired) electrons. The molecule has 2 aromatic carbocycles. The zero-order chi connectivity index (χ0) is 17.1. The molecule has 1 fully saturated rings. The third-order valence-corrected chi connectivity index (χ3v) is 4.14. The highest BCUT2D eigenvalue weighted by Crippen LogP contribution is 2.32. The van der Waals surface area contributed by atoms with Crippen LogP contribution in [-0.2, 0) is 4.79 Å². The molecule has 0 spiro atoms. The molecule has 0 amide bonds. The predicted octanol–water partition coefficient (Wildman–Crippen LogP) is 5.43. The number of hydrogen-bond acceptors (Lipinski definition) is 1. The van der Waals surface area contributed by atoms with E-state index in [0.29, 0.717) is 18.8 Å². The van der Waals surface area contributed by atoms with Gasteiger partial charge >= 0.3 is 0 Å². The highest BCUT2D eigenvalue weighted by Gasteiger charge is 2.25. The van der Waals surface area contributed by atoms with Crippen molar-refractivity contribution >= 4 is 17.9 Å². The minimum Gasteiger partial charge on any atom is -0.289 e. The first-order valence-electron chi connectivity index (χ1n) is 7.98. The average molecular weight is 324 g/mol. The largest absolute Gasteiger partial charge is 0.289 e. The van der Waals surface area contributed by atoms with Gasteiger partial charge in [-0.25, -0.2) is 8.78 Å². The average Bonchev–Trinajstić information content (AvgIpc) is 2.56. The van der Waals surface area contributed by atoms with E-state index >= 15 is 0 Å². The summed E-state index contributed by atoms with van der Waals surface area (Å²) >= 11 is 0. The van der Waals surface area contributed by atoms with Crippen LogP contribution in [0.25, 0.3) is 12.2 Å². The van der Waals surface area contributed by atoms with Gasteiger partial charge in [0.1, 0.15) is 11.6 Å². The van der Waals surface area contributed by atoms with Crippen LogP contribution in [0.5, 0.6) is 0 Å². The van der Waals surface area contributed by atoms with Gasteiger partial charge in [-0.05, 0) is 66.3 Å². The van der Waals surface area contributed by atoms with E-state index < -0.39 is 0 Å². The molecule has 1 nitrogen and oxygen atoms in total. The van der Waals surface area contributed by atoms with E-state index in [1.165, 1.54) is 24.3 Å². The van der Waals surface area contributed by atoms with E-state index in [4.69, 9.17) is 0 Å². The number of allylic oxidation sites excluding steroid dienone is 2. The van der Waals surface area contributed by atoms with Gasteiger partial charge in [0.05, 0.1) is 0 Å². The lowest BCUT2D eigenvalue weighted by Gasteiger charge is -2.22. The van der Waals surface area contributed by atoms with Crippen molar-refractivity contribution in [2.45, 2.75) is 19.8 Å². The molecular weight excluding hydrogens is 306 g/mol. The second kappa shape index (κ2) is 6.91. The summed E-state index contributed by atoms with van der Waals surface area (Å²) in [6.45, 7) is 2.10. The lowest BCUT2D eigenvalue weighted by Crippen LogP contribution is -2.18. The molecule has 24 heavy (non-hydrogen) atoms. The second-order valence-electron chi connectivity index (χ2n) is 6.28. The second-order valence-corrected chi connectivity index (χ2v) is 6.28. The molecule has 0 unspecified atom stereocenters. The number of Topliss-reactive ketones (excluding diaryl/α,β-unsaturated/α-hetero) is 1. The van der Waals surface area contributed by atoms with E-state index in [-0.39, 0.29) is 17.4 Å². The van der Waals surface area contributed by atoms with Crippen molar-refractivity contribution in [1.29, 1.82) is 0 Å². The van der Waals surface area contributed by atoms with Crippen LogP contribution in [0.1, 0.15) is 30.9 Å². The minimum atomic E-state index is -0.294. The first-order valence-corrected chi connectivity index (χ1v) is 7.98. The molecule has 3 rings (SSSR count). The van der Waals surface area contributed by atoms with E-state index in [9.17, 15) is 13.6 Å². The van der Waals surface area contributed by atoms with Crippen molar-refractivity contribution < 1.29 is 13.6 Å². The standard InChI is InChI=1S/C21H18F2O/c1-14-10-17(12-15-2-6-19(22)7-3-15)21(24)18(11-14)13-16-4-8-20(23)9-5-16/h2-9,12-14H,10-11H2,1H3. The van der Waals surface area contributed by atoms with Gasteiger partial charge in [-0.2, -0.15) is 0 Å². The fraction of sp³-hybridized carbons (Fsp3) is 0.190. The molecule has 0 heterocycles. The van der Waals surface area contributed by atoms with Gasteiger partial charge in [-0.15, -0.1) is 0 Å². The predicted molar refractivity (Wildman–Crippen MR) is 92.2 cm³/mol. The molecule has 0 saturated heterocycles. The molecule has 0 bridgehead atoms. The molecule has 0 aromatic heterocycles. The topological polar surface area (TPSA) is 17.1 Å². The summed E-state index contributed by atoms with van der Waals surface area (Å²) in [6.07, 6.45) is 5.07. The first kappa shape index (κ1) is 16.3. The van der Waals surface area contributed by atoms with Crippen molar-refractivity contribution in [3.05, 3.63) is 82.4 Å². The highest BCUT2D eigenvalue weighted by atomic mass is 19.1. The van der Waals surface area contributed by atoms with E-state index in [1.807, 2.05) is 12.2 Å². The molecule has 2 aromatic rings. The molecule has 0 N–H and O–H groups in total. The van der Waals surface area contributed by atoms with E-state index in [1.54, 1.807) is 24.3 Å². The summed E-state index contributed by atoms with van der Waals surface area (Å²) < 4.78 is 26.0. The number of halogens is 2. The number of carbonyl (C=O) groups is 1. The van der Waals surface area contributed by atoms with Crippen LogP contribution >= 0.6 is 0 Å². The maximum Gasteiger partial charge on any atom is 0.185 e. The summed E-state index contributed by atoms with van der Waals surface area (Å²) in [7, 11) is 0. The fourth-order valence-electron chi connectivity index (χ4n) is 2.98. The fourth-order valence-corrected chi connectivity index (χ4v) is 2.98. The summed E-state index contributed by atoms with van der Waals surface area (Å²) in [6, 6.07) is 12.2. The molecule has 122 valence electrons. The molecule has 1 aliphatic carbocycles. The quantitative estimate of drug-likeness (QED) is 0.673. The van der Waals surface area contributed by atoms with Crippen molar-refractivity contribution in [1.82, 2.24) is 0 Å². The van der Waals surface area contributed by atoms with Crippen LogP contribution in [0.15, 0.2) is 59.7 Å². The van der Waals surface area contributed by atoms with Gasteiger partial charge in [0.25, 0.3) is 0 Å². The first-order chi connectivity index (χ1) is 11.5. The number of carbonyl (C=O) groups excluding carboxylic acids is 1. The summed E-state index contributed by atoms with van der Waals surface area (Å²) in [4.78, 5) is 12.7.